The van der Waals surface area contributed by atoms with E-state index in [0.29, 0.717) is 26.1 Å². The quantitative estimate of drug-likeness (QED) is 0.720. The molecule has 1 saturated heterocycles. The van der Waals surface area contributed by atoms with Crippen molar-refractivity contribution in [3.63, 3.8) is 0 Å². The minimum absolute atomic E-state index is 0.00449. The predicted molar refractivity (Wildman–Crippen MR) is 76.3 cm³/mol. The molecule has 0 aromatic heterocycles. The molecule has 19 heavy (non-hydrogen) atoms. The van der Waals surface area contributed by atoms with Gasteiger partial charge in [0.1, 0.15) is 0 Å². The van der Waals surface area contributed by atoms with E-state index in [9.17, 15) is 13.2 Å². The molecule has 1 N–H and O–H groups in total. The number of carbonyl (C=O) groups excluding carboxylic acids is 1. The van der Waals surface area contributed by atoms with Crippen molar-refractivity contribution in [1.82, 2.24) is 9.62 Å². The minimum atomic E-state index is -3.17. The highest BCUT2D eigenvalue weighted by Crippen LogP contribution is 2.20. The topological polar surface area (TPSA) is 66.5 Å². The van der Waals surface area contributed by atoms with Gasteiger partial charge in [0.15, 0.2) is 0 Å². The smallest absolute Gasteiger partial charge is 0.224 e. The van der Waals surface area contributed by atoms with Crippen molar-refractivity contribution in [2.75, 3.05) is 25.4 Å². The predicted octanol–water partition coefficient (Wildman–Crippen LogP) is 1.35. The SMILES string of the molecule is CCCCNC(=O)[C@H]1CCCN(S(=O)(=O)CCC)C1. The van der Waals surface area contributed by atoms with E-state index < -0.39 is 10.0 Å². The maximum absolute atomic E-state index is 12.0. The Bertz CT molecular complexity index is 381. The molecule has 0 bridgehead atoms. The molecule has 0 spiro atoms. The first-order valence-electron chi connectivity index (χ1n) is 7.26. The summed E-state index contributed by atoms with van der Waals surface area (Å²) in [4.78, 5) is 12.0. The van der Waals surface area contributed by atoms with Gasteiger partial charge < -0.3 is 5.32 Å². The first kappa shape index (κ1) is 16.4. The van der Waals surface area contributed by atoms with Crippen molar-refractivity contribution >= 4 is 15.9 Å². The second-order valence-corrected chi connectivity index (χ2v) is 7.25. The fourth-order valence-electron chi connectivity index (χ4n) is 2.33. The lowest BCUT2D eigenvalue weighted by Crippen LogP contribution is -2.46. The molecule has 0 aliphatic carbocycles. The number of unbranched alkanes of at least 4 members (excludes halogenated alkanes) is 1. The Morgan fingerprint density at radius 2 is 2.05 bits per heavy atom. The third kappa shape index (κ3) is 5.10. The number of hydrogen-bond acceptors (Lipinski definition) is 3. The molecule has 1 heterocycles. The molecule has 1 aliphatic rings. The van der Waals surface area contributed by atoms with E-state index in [1.807, 2.05) is 6.92 Å². The lowest BCUT2D eigenvalue weighted by Gasteiger charge is -2.31. The summed E-state index contributed by atoms with van der Waals surface area (Å²) in [5.41, 5.74) is 0. The summed E-state index contributed by atoms with van der Waals surface area (Å²) in [7, 11) is -3.17. The van der Waals surface area contributed by atoms with E-state index in [0.717, 1.165) is 25.7 Å². The van der Waals surface area contributed by atoms with E-state index in [1.165, 1.54) is 4.31 Å². The fourth-order valence-corrected chi connectivity index (χ4v) is 3.92. The Balaban J connectivity index is 2.52. The van der Waals surface area contributed by atoms with E-state index in [-0.39, 0.29) is 17.6 Å². The van der Waals surface area contributed by atoms with Crippen LogP contribution in [0.25, 0.3) is 0 Å². The van der Waals surface area contributed by atoms with Gasteiger partial charge in [-0.15, -0.1) is 0 Å². The maximum atomic E-state index is 12.0. The van der Waals surface area contributed by atoms with Gasteiger partial charge >= 0.3 is 0 Å². The van der Waals surface area contributed by atoms with Gasteiger partial charge in [-0.3, -0.25) is 4.79 Å². The monoisotopic (exact) mass is 290 g/mol. The second-order valence-electron chi connectivity index (χ2n) is 5.16. The molecule has 0 aromatic rings. The number of hydrogen-bond donors (Lipinski definition) is 1. The van der Waals surface area contributed by atoms with Gasteiger partial charge in [0, 0.05) is 19.6 Å². The summed E-state index contributed by atoms with van der Waals surface area (Å²) in [6, 6.07) is 0. The summed E-state index contributed by atoms with van der Waals surface area (Å²) in [5.74, 6) is -0.000873. The van der Waals surface area contributed by atoms with Gasteiger partial charge in [-0.1, -0.05) is 20.3 Å². The lowest BCUT2D eigenvalue weighted by atomic mass is 9.99. The van der Waals surface area contributed by atoms with Gasteiger partial charge in [-0.05, 0) is 25.7 Å². The first-order chi connectivity index (χ1) is 9.01. The maximum Gasteiger partial charge on any atom is 0.224 e. The third-order valence-electron chi connectivity index (χ3n) is 3.44. The van der Waals surface area contributed by atoms with E-state index in [1.54, 1.807) is 0 Å². The van der Waals surface area contributed by atoms with Gasteiger partial charge in [-0.2, -0.15) is 0 Å². The van der Waals surface area contributed by atoms with Crippen LogP contribution in [0.1, 0.15) is 46.0 Å². The number of amides is 1. The molecular weight excluding hydrogens is 264 g/mol. The van der Waals surface area contributed by atoms with Crippen LogP contribution in [0.2, 0.25) is 0 Å². The number of nitrogens with zero attached hydrogens (tertiary/aromatic N) is 1. The van der Waals surface area contributed by atoms with Crippen LogP contribution in [-0.2, 0) is 14.8 Å². The van der Waals surface area contributed by atoms with Gasteiger partial charge in [0.2, 0.25) is 15.9 Å². The normalized spacial score (nSPS) is 21.3. The molecule has 0 saturated carbocycles. The number of nitrogens with one attached hydrogen (secondary N) is 1. The second kappa shape index (κ2) is 7.85. The molecule has 112 valence electrons. The zero-order valence-electron chi connectivity index (χ0n) is 12.0. The number of piperidine rings is 1. The van der Waals surface area contributed by atoms with Crippen LogP contribution in [-0.4, -0.2) is 44.0 Å². The summed E-state index contributed by atoms with van der Waals surface area (Å²) in [6.45, 7) is 5.52. The Morgan fingerprint density at radius 3 is 2.68 bits per heavy atom. The summed E-state index contributed by atoms with van der Waals surface area (Å²) < 4.78 is 25.5. The fraction of sp³-hybridized carbons (Fsp3) is 0.923. The Morgan fingerprint density at radius 1 is 1.32 bits per heavy atom. The summed E-state index contributed by atoms with van der Waals surface area (Å²) in [6.07, 6.45) is 4.19. The Kier molecular flexibility index (Phi) is 6.79. The van der Waals surface area contributed by atoms with Crippen LogP contribution in [0.5, 0.6) is 0 Å². The van der Waals surface area contributed by atoms with Crippen molar-refractivity contribution < 1.29 is 13.2 Å². The van der Waals surface area contributed by atoms with Crippen LogP contribution < -0.4 is 5.32 Å². The van der Waals surface area contributed by atoms with Gasteiger partial charge in [-0.25, -0.2) is 12.7 Å². The Hall–Kier alpha value is -0.620. The molecule has 0 unspecified atom stereocenters. The molecule has 0 radical (unpaired) electrons. The molecule has 1 fully saturated rings. The Labute approximate surface area is 116 Å². The highest BCUT2D eigenvalue weighted by molar-refractivity contribution is 7.89. The molecule has 6 heteroatoms. The van der Waals surface area contributed by atoms with E-state index >= 15 is 0 Å². The van der Waals surface area contributed by atoms with Crippen molar-refractivity contribution in [1.29, 1.82) is 0 Å². The average molecular weight is 290 g/mol. The standard InChI is InChI=1S/C13H26N2O3S/c1-3-5-8-14-13(16)12-7-6-9-15(11-12)19(17,18)10-4-2/h12H,3-11H2,1-2H3,(H,14,16)/t12-/m0/s1. The van der Waals surface area contributed by atoms with E-state index in [2.05, 4.69) is 12.2 Å². The van der Waals surface area contributed by atoms with Crippen molar-refractivity contribution in [3.8, 4) is 0 Å². The molecule has 1 aliphatic heterocycles. The zero-order valence-corrected chi connectivity index (χ0v) is 12.8. The lowest BCUT2D eigenvalue weighted by molar-refractivity contribution is -0.126. The van der Waals surface area contributed by atoms with Gasteiger partial charge in [0.05, 0.1) is 11.7 Å². The van der Waals surface area contributed by atoms with Crippen molar-refractivity contribution in [2.45, 2.75) is 46.0 Å². The molecule has 0 aromatic carbocycles. The molecule has 5 nitrogen and oxygen atoms in total. The molecule has 1 atom stereocenters. The molecule has 1 rings (SSSR count). The number of carbonyl (C=O) groups is 1. The minimum Gasteiger partial charge on any atom is -0.356 e. The van der Waals surface area contributed by atoms with Crippen LogP contribution in [0.3, 0.4) is 0 Å². The average Bonchev–Trinajstić information content (AvgIpc) is 2.39. The summed E-state index contributed by atoms with van der Waals surface area (Å²) in [5, 5.41) is 2.90. The van der Waals surface area contributed by atoms with Crippen LogP contribution in [0.4, 0.5) is 0 Å². The number of sulfonamides is 1. The highest BCUT2D eigenvalue weighted by atomic mass is 32.2. The zero-order chi connectivity index (χ0) is 14.3. The summed E-state index contributed by atoms with van der Waals surface area (Å²) >= 11 is 0. The van der Waals surface area contributed by atoms with Crippen LogP contribution in [0.15, 0.2) is 0 Å². The van der Waals surface area contributed by atoms with Crippen molar-refractivity contribution in [2.24, 2.45) is 5.92 Å². The third-order valence-corrected chi connectivity index (χ3v) is 5.48. The van der Waals surface area contributed by atoms with Gasteiger partial charge in [0.25, 0.3) is 0 Å². The largest absolute Gasteiger partial charge is 0.356 e. The first-order valence-corrected chi connectivity index (χ1v) is 8.87. The number of rotatable bonds is 7. The highest BCUT2D eigenvalue weighted by Gasteiger charge is 2.31. The van der Waals surface area contributed by atoms with Crippen molar-refractivity contribution in [3.05, 3.63) is 0 Å². The molecular formula is C13H26N2O3S. The van der Waals surface area contributed by atoms with E-state index in [4.69, 9.17) is 0 Å². The van der Waals surface area contributed by atoms with Crippen LogP contribution >= 0.6 is 0 Å². The molecule has 1 amide bonds. The van der Waals surface area contributed by atoms with Crippen LogP contribution in [0, 0.1) is 5.92 Å².